The van der Waals surface area contributed by atoms with Gasteiger partial charge in [-0.15, -0.1) is 11.3 Å². The van der Waals surface area contributed by atoms with Crippen LogP contribution in [0, 0.1) is 6.92 Å². The number of hydrogen-bond acceptors (Lipinski definition) is 7. The summed E-state index contributed by atoms with van der Waals surface area (Å²) in [6.45, 7) is 4.82. The fourth-order valence-corrected chi connectivity index (χ4v) is 4.13. The summed E-state index contributed by atoms with van der Waals surface area (Å²) in [7, 11) is 1.51. The van der Waals surface area contributed by atoms with Crippen LogP contribution in [0.3, 0.4) is 0 Å². The number of carbonyl (C=O) groups excluding carboxylic acids is 3. The van der Waals surface area contributed by atoms with Crippen LogP contribution in [0.15, 0.2) is 24.3 Å². The van der Waals surface area contributed by atoms with Gasteiger partial charge in [0.2, 0.25) is 3.79 Å². The quantitative estimate of drug-likeness (QED) is 0.226. The number of benzene rings is 1. The highest BCUT2D eigenvalue weighted by Gasteiger charge is 2.36. The molecule has 0 unspecified atom stereocenters. The van der Waals surface area contributed by atoms with Gasteiger partial charge < -0.3 is 20.1 Å². The highest BCUT2D eigenvalue weighted by Crippen LogP contribution is 2.38. The highest BCUT2D eigenvalue weighted by molar-refractivity contribution is 7.18. The van der Waals surface area contributed by atoms with E-state index in [9.17, 15) is 14.4 Å². The van der Waals surface area contributed by atoms with E-state index in [0.29, 0.717) is 21.8 Å². The number of anilines is 1. The van der Waals surface area contributed by atoms with Crippen LogP contribution in [0.2, 0.25) is 0 Å². The summed E-state index contributed by atoms with van der Waals surface area (Å²) < 4.78 is 8.19. The molecule has 0 spiro atoms. The molecule has 0 aliphatic heterocycles. The van der Waals surface area contributed by atoms with E-state index >= 15 is 0 Å². The normalized spacial score (nSPS) is 12.1. The van der Waals surface area contributed by atoms with Gasteiger partial charge in [0.1, 0.15) is 16.9 Å². The van der Waals surface area contributed by atoms with Crippen LogP contribution in [-0.2, 0) is 4.74 Å². The molecule has 168 valence electrons. The number of alkyl halides is 3. The molecule has 0 aliphatic rings. The smallest absolute Gasteiger partial charge is 0.341 e. The van der Waals surface area contributed by atoms with Crippen molar-refractivity contribution in [3.63, 3.8) is 0 Å². The van der Waals surface area contributed by atoms with Crippen molar-refractivity contribution < 1.29 is 23.9 Å². The number of thiophene rings is 1. The van der Waals surface area contributed by atoms with Crippen molar-refractivity contribution in [3.8, 4) is 5.75 Å². The van der Waals surface area contributed by atoms with E-state index in [4.69, 9.17) is 44.3 Å². The molecule has 0 radical (unpaired) electrons. The van der Waals surface area contributed by atoms with Crippen LogP contribution in [0.4, 0.5) is 5.00 Å². The topological polar surface area (TPSA) is 93.7 Å². The monoisotopic (exact) mass is 506 g/mol. The van der Waals surface area contributed by atoms with E-state index in [2.05, 4.69) is 10.6 Å². The van der Waals surface area contributed by atoms with Crippen LogP contribution >= 0.6 is 46.1 Å². The molecular formula is C20H21Cl3N2O5S. The third-order valence-electron chi connectivity index (χ3n) is 4.18. The van der Waals surface area contributed by atoms with Crippen LogP contribution in [0.5, 0.6) is 5.75 Å². The SMILES string of the molecule is CCOC(=O)c1c(N[C@H](NC(=O)c2ccc(OC)cc2)C(Cl)(Cl)Cl)sc(C(C)=O)c1C. The lowest BCUT2D eigenvalue weighted by atomic mass is 10.1. The Balaban J connectivity index is 2.38. The maximum absolute atomic E-state index is 12.7. The fraction of sp³-hybridized carbons (Fsp3) is 0.350. The van der Waals surface area contributed by atoms with Crippen molar-refractivity contribution in [1.82, 2.24) is 5.32 Å². The molecule has 1 aromatic carbocycles. The first-order valence-electron chi connectivity index (χ1n) is 9.09. The Kier molecular flexibility index (Phi) is 8.59. The van der Waals surface area contributed by atoms with Crippen molar-refractivity contribution >= 4 is 68.8 Å². The summed E-state index contributed by atoms with van der Waals surface area (Å²) in [5.74, 6) is -0.800. The summed E-state index contributed by atoms with van der Waals surface area (Å²) in [5.41, 5.74) is 0.900. The Morgan fingerprint density at radius 3 is 2.26 bits per heavy atom. The Morgan fingerprint density at radius 1 is 1.16 bits per heavy atom. The first-order chi connectivity index (χ1) is 14.5. The molecule has 0 aliphatic carbocycles. The fourth-order valence-electron chi connectivity index (χ4n) is 2.69. The molecule has 0 saturated carbocycles. The number of hydrogen-bond donors (Lipinski definition) is 2. The number of halogens is 3. The zero-order valence-corrected chi connectivity index (χ0v) is 20.3. The molecule has 0 bridgehead atoms. The van der Waals surface area contributed by atoms with Crippen molar-refractivity contribution in [3.05, 3.63) is 45.8 Å². The molecule has 31 heavy (non-hydrogen) atoms. The largest absolute Gasteiger partial charge is 0.497 e. The maximum atomic E-state index is 12.7. The molecule has 2 rings (SSSR count). The second-order valence-electron chi connectivity index (χ2n) is 6.36. The standard InChI is InChI=1S/C20H21Cl3N2O5S/c1-5-30-18(28)14-10(2)15(11(3)26)31-17(14)25-19(20(21,22)23)24-16(27)12-6-8-13(29-4)9-7-12/h6-9,19,25H,5H2,1-4H3,(H,24,27)/t19-/m0/s1. The lowest BCUT2D eigenvalue weighted by molar-refractivity contribution is 0.0527. The number of ether oxygens (including phenoxy) is 2. The molecule has 1 heterocycles. The molecule has 0 fully saturated rings. The third kappa shape index (κ3) is 6.26. The molecular weight excluding hydrogens is 487 g/mol. The van der Waals surface area contributed by atoms with Gasteiger partial charge in [0.15, 0.2) is 5.78 Å². The lowest BCUT2D eigenvalue weighted by Crippen LogP contribution is -2.49. The Labute approximate surface area is 198 Å². The van der Waals surface area contributed by atoms with E-state index in [1.54, 1.807) is 38.1 Å². The number of carbonyl (C=O) groups is 3. The van der Waals surface area contributed by atoms with Crippen molar-refractivity contribution in [2.75, 3.05) is 19.0 Å². The van der Waals surface area contributed by atoms with Crippen molar-refractivity contribution in [2.45, 2.75) is 30.7 Å². The highest BCUT2D eigenvalue weighted by atomic mass is 35.6. The molecule has 0 saturated heterocycles. The van der Waals surface area contributed by atoms with Crippen molar-refractivity contribution in [2.24, 2.45) is 0 Å². The van der Waals surface area contributed by atoms with E-state index in [0.717, 1.165) is 11.3 Å². The van der Waals surface area contributed by atoms with Crippen molar-refractivity contribution in [1.29, 1.82) is 0 Å². The number of esters is 1. The predicted octanol–water partition coefficient (Wildman–Crippen LogP) is 4.98. The van der Waals surface area contributed by atoms with Gasteiger partial charge in [-0.25, -0.2) is 4.79 Å². The molecule has 1 aromatic heterocycles. The van der Waals surface area contributed by atoms with E-state index < -0.39 is 21.8 Å². The summed E-state index contributed by atoms with van der Waals surface area (Å²) in [6.07, 6.45) is -1.22. The summed E-state index contributed by atoms with van der Waals surface area (Å²) in [4.78, 5) is 37.5. The molecule has 7 nitrogen and oxygen atoms in total. The van der Waals surface area contributed by atoms with Gasteiger partial charge in [0.05, 0.1) is 24.2 Å². The van der Waals surface area contributed by atoms with Gasteiger partial charge in [-0.2, -0.15) is 0 Å². The van der Waals surface area contributed by atoms with Gasteiger partial charge in [-0.05, 0) is 50.6 Å². The van der Waals surface area contributed by atoms with Crippen LogP contribution < -0.4 is 15.4 Å². The first kappa shape index (κ1) is 25.3. The van der Waals surface area contributed by atoms with Crippen LogP contribution in [0.25, 0.3) is 0 Å². The van der Waals surface area contributed by atoms with Gasteiger partial charge in [-0.3, -0.25) is 9.59 Å². The second-order valence-corrected chi connectivity index (χ2v) is 9.75. The number of ketones is 1. The van der Waals surface area contributed by atoms with E-state index in [1.807, 2.05) is 0 Å². The zero-order valence-electron chi connectivity index (χ0n) is 17.2. The summed E-state index contributed by atoms with van der Waals surface area (Å²) in [5, 5.41) is 5.72. The molecule has 11 heteroatoms. The number of amides is 1. The van der Waals surface area contributed by atoms with Gasteiger partial charge >= 0.3 is 5.97 Å². The average molecular weight is 508 g/mol. The minimum Gasteiger partial charge on any atom is -0.497 e. The van der Waals surface area contributed by atoms with E-state index in [1.165, 1.54) is 14.0 Å². The minimum absolute atomic E-state index is 0.144. The Morgan fingerprint density at radius 2 is 1.77 bits per heavy atom. The number of Topliss-reactive ketones (excluding diaryl/α,β-unsaturated/α-hetero) is 1. The van der Waals surface area contributed by atoms with Gasteiger partial charge in [0.25, 0.3) is 5.91 Å². The number of nitrogens with one attached hydrogen (secondary N) is 2. The summed E-state index contributed by atoms with van der Waals surface area (Å²) >= 11 is 19.3. The zero-order chi connectivity index (χ0) is 23.3. The van der Waals surface area contributed by atoms with Crippen LogP contribution in [-0.4, -0.2) is 41.3 Å². The lowest BCUT2D eigenvalue weighted by Gasteiger charge is -2.27. The number of methoxy groups -OCH3 is 1. The van der Waals surface area contributed by atoms with Crippen LogP contribution in [0.1, 0.15) is 49.8 Å². The third-order valence-corrected chi connectivity index (χ3v) is 6.16. The second kappa shape index (κ2) is 10.5. The van der Waals surface area contributed by atoms with Gasteiger partial charge in [0, 0.05) is 5.56 Å². The molecule has 1 atom stereocenters. The molecule has 2 aromatic rings. The molecule has 1 amide bonds. The summed E-state index contributed by atoms with van der Waals surface area (Å²) in [6, 6.07) is 6.34. The maximum Gasteiger partial charge on any atom is 0.341 e. The molecule has 2 N–H and O–H groups in total. The Bertz CT molecular complexity index is 970. The Hall–Kier alpha value is -2.00. The average Bonchev–Trinajstić information content (AvgIpc) is 3.03. The van der Waals surface area contributed by atoms with Gasteiger partial charge in [-0.1, -0.05) is 34.8 Å². The number of rotatable bonds is 8. The minimum atomic E-state index is -1.98. The first-order valence-corrected chi connectivity index (χ1v) is 11.0. The predicted molar refractivity (Wildman–Crippen MR) is 123 cm³/mol. The van der Waals surface area contributed by atoms with E-state index in [-0.39, 0.29) is 23.0 Å².